The maximum absolute atomic E-state index is 14.2. The van der Waals surface area contributed by atoms with Crippen LogP contribution in [0.4, 0.5) is 5.69 Å². The van der Waals surface area contributed by atoms with Crippen LogP contribution in [0.2, 0.25) is 0 Å². The molecule has 1 aliphatic rings. The highest BCUT2D eigenvalue weighted by atomic mass is 16.2. The van der Waals surface area contributed by atoms with Crippen molar-refractivity contribution in [1.29, 1.82) is 0 Å². The summed E-state index contributed by atoms with van der Waals surface area (Å²) in [6, 6.07) is 21.0. The smallest absolute Gasteiger partial charge is 0.249 e. The van der Waals surface area contributed by atoms with Crippen LogP contribution in [0.5, 0.6) is 0 Å². The second-order valence-corrected chi connectivity index (χ2v) is 9.82. The number of amides is 2. The molecule has 0 bridgehead atoms. The van der Waals surface area contributed by atoms with Crippen LogP contribution in [0.1, 0.15) is 60.1 Å². The molecule has 3 aromatic carbocycles. The molecule has 2 amide bonds. The van der Waals surface area contributed by atoms with Crippen molar-refractivity contribution in [2.75, 3.05) is 4.90 Å². The minimum absolute atomic E-state index is 0.0632. The fraction of sp³-hybridized carbons (Fsp3) is 0.300. The van der Waals surface area contributed by atoms with Gasteiger partial charge in [-0.3, -0.25) is 19.3 Å². The zero-order valence-corrected chi connectivity index (χ0v) is 21.6. The minimum Gasteiger partial charge on any atom is -0.351 e. The molecule has 1 atom stereocenters. The summed E-state index contributed by atoms with van der Waals surface area (Å²) in [5.74, 6) is -0.824. The highest BCUT2D eigenvalue weighted by Gasteiger charge is 2.36. The Balaban J connectivity index is 1.64. The largest absolute Gasteiger partial charge is 0.351 e. The molecule has 0 aliphatic heterocycles. The first-order chi connectivity index (χ1) is 18.4. The molecule has 1 aromatic heterocycles. The van der Waals surface area contributed by atoms with E-state index in [4.69, 9.17) is 0 Å². The van der Waals surface area contributed by atoms with E-state index in [0.29, 0.717) is 27.8 Å². The van der Waals surface area contributed by atoms with Gasteiger partial charge in [0.05, 0.1) is 11.2 Å². The first-order valence-electron chi connectivity index (χ1n) is 13.0. The Morgan fingerprint density at radius 2 is 1.66 bits per heavy atom. The van der Waals surface area contributed by atoms with Gasteiger partial charge in [-0.05, 0) is 62.1 Å². The van der Waals surface area contributed by atoms with Crippen molar-refractivity contribution < 1.29 is 14.4 Å². The summed E-state index contributed by atoms with van der Waals surface area (Å²) in [6.07, 6.45) is 3.95. The SMILES string of the molecule is CC(=O)c1ccccc1N(C(=O)Cn1nnc2ccccc21)[C@H](C(=O)NC1CCCC1)c1ccccc1C. The lowest BCUT2D eigenvalue weighted by Gasteiger charge is -2.34. The lowest BCUT2D eigenvalue weighted by molar-refractivity contribution is -0.127. The van der Waals surface area contributed by atoms with E-state index in [1.165, 1.54) is 16.5 Å². The van der Waals surface area contributed by atoms with Gasteiger partial charge in [0.1, 0.15) is 18.1 Å². The molecule has 194 valence electrons. The third-order valence-electron chi connectivity index (χ3n) is 7.21. The average molecular weight is 510 g/mol. The number of hydrogen-bond donors (Lipinski definition) is 1. The zero-order valence-electron chi connectivity index (χ0n) is 21.6. The molecule has 38 heavy (non-hydrogen) atoms. The van der Waals surface area contributed by atoms with E-state index >= 15 is 0 Å². The van der Waals surface area contributed by atoms with Crippen molar-refractivity contribution in [1.82, 2.24) is 20.3 Å². The van der Waals surface area contributed by atoms with Gasteiger partial charge in [-0.2, -0.15) is 0 Å². The average Bonchev–Trinajstić information content (AvgIpc) is 3.58. The molecular formula is C30H31N5O3. The normalized spacial score (nSPS) is 14.4. The number of ketones is 1. The van der Waals surface area contributed by atoms with Crippen LogP contribution in [0, 0.1) is 6.92 Å². The molecule has 1 saturated carbocycles. The van der Waals surface area contributed by atoms with Crippen LogP contribution in [-0.2, 0) is 16.1 Å². The van der Waals surface area contributed by atoms with Crippen molar-refractivity contribution in [3.05, 3.63) is 89.5 Å². The zero-order chi connectivity index (χ0) is 26.6. The first kappa shape index (κ1) is 25.3. The monoisotopic (exact) mass is 509 g/mol. The second-order valence-electron chi connectivity index (χ2n) is 9.82. The topological polar surface area (TPSA) is 97.2 Å². The summed E-state index contributed by atoms with van der Waals surface area (Å²) in [4.78, 5) is 42.5. The Labute approximate surface area is 221 Å². The lowest BCUT2D eigenvalue weighted by atomic mass is 9.96. The van der Waals surface area contributed by atoms with Gasteiger partial charge in [-0.15, -0.1) is 5.10 Å². The van der Waals surface area contributed by atoms with Crippen LogP contribution >= 0.6 is 0 Å². The maximum Gasteiger partial charge on any atom is 0.249 e. The molecule has 0 spiro atoms. The molecule has 8 nitrogen and oxygen atoms in total. The Morgan fingerprint density at radius 3 is 2.42 bits per heavy atom. The summed E-state index contributed by atoms with van der Waals surface area (Å²) < 4.78 is 1.53. The van der Waals surface area contributed by atoms with Crippen molar-refractivity contribution in [2.45, 2.75) is 58.2 Å². The number of nitrogens with one attached hydrogen (secondary N) is 1. The predicted molar refractivity (Wildman–Crippen MR) is 146 cm³/mol. The van der Waals surface area contributed by atoms with E-state index in [9.17, 15) is 14.4 Å². The minimum atomic E-state index is -0.973. The predicted octanol–water partition coefficient (Wildman–Crippen LogP) is 4.78. The van der Waals surface area contributed by atoms with Crippen molar-refractivity contribution in [3.8, 4) is 0 Å². The first-order valence-corrected chi connectivity index (χ1v) is 13.0. The lowest BCUT2D eigenvalue weighted by Crippen LogP contribution is -2.48. The summed E-state index contributed by atoms with van der Waals surface area (Å²) in [5, 5.41) is 11.6. The Morgan fingerprint density at radius 1 is 0.974 bits per heavy atom. The van der Waals surface area contributed by atoms with Gasteiger partial charge in [0, 0.05) is 11.6 Å². The molecule has 1 heterocycles. The van der Waals surface area contributed by atoms with Crippen LogP contribution < -0.4 is 10.2 Å². The van der Waals surface area contributed by atoms with Crippen LogP contribution in [0.3, 0.4) is 0 Å². The highest BCUT2D eigenvalue weighted by Crippen LogP contribution is 2.33. The number of para-hydroxylation sites is 2. The molecule has 1 N–H and O–H groups in total. The molecule has 8 heteroatoms. The Bertz CT molecular complexity index is 1490. The Kier molecular flexibility index (Phi) is 7.31. The summed E-state index contributed by atoms with van der Waals surface area (Å²) >= 11 is 0. The van der Waals surface area contributed by atoms with E-state index in [1.54, 1.807) is 24.3 Å². The van der Waals surface area contributed by atoms with Gasteiger partial charge < -0.3 is 5.32 Å². The van der Waals surface area contributed by atoms with Crippen LogP contribution in [0.25, 0.3) is 11.0 Å². The fourth-order valence-electron chi connectivity index (χ4n) is 5.28. The maximum atomic E-state index is 14.2. The van der Waals surface area contributed by atoms with E-state index in [-0.39, 0.29) is 30.2 Å². The van der Waals surface area contributed by atoms with Gasteiger partial charge in [-0.25, -0.2) is 4.68 Å². The molecule has 0 radical (unpaired) electrons. The van der Waals surface area contributed by atoms with Crippen LogP contribution in [-0.4, -0.2) is 38.6 Å². The van der Waals surface area contributed by atoms with Crippen LogP contribution in [0.15, 0.2) is 72.8 Å². The Hall–Kier alpha value is -4.33. The molecule has 4 aromatic rings. The number of rotatable bonds is 8. The molecule has 1 aliphatic carbocycles. The van der Waals surface area contributed by atoms with Gasteiger partial charge in [0.25, 0.3) is 0 Å². The molecule has 0 saturated heterocycles. The van der Waals surface area contributed by atoms with E-state index in [1.807, 2.05) is 55.5 Å². The van der Waals surface area contributed by atoms with Gasteiger partial charge in [-0.1, -0.05) is 66.6 Å². The second kappa shape index (κ2) is 11.0. The third-order valence-corrected chi connectivity index (χ3v) is 7.21. The van der Waals surface area contributed by atoms with Gasteiger partial charge in [0.15, 0.2) is 5.78 Å². The quantitative estimate of drug-likeness (QED) is 0.345. The highest BCUT2D eigenvalue weighted by molar-refractivity contribution is 6.08. The fourth-order valence-corrected chi connectivity index (χ4v) is 5.28. The third kappa shape index (κ3) is 5.07. The number of anilines is 1. The number of Topliss-reactive ketones (excluding diaryl/α,β-unsaturated/α-hetero) is 1. The standard InChI is InChI=1S/C30H31N5O3/c1-20-11-3-6-14-23(20)29(30(38)31-22-12-4-5-13-22)35(26-17-9-7-15-24(26)21(2)36)28(37)19-34-27-18-10-8-16-25(27)32-33-34/h3,6-11,14-18,22,29H,4-5,12-13,19H2,1-2H3,(H,31,38)/t29-/m0/s1. The molecular weight excluding hydrogens is 478 g/mol. The van der Waals surface area contributed by atoms with E-state index < -0.39 is 6.04 Å². The number of fused-ring (bicyclic) bond motifs is 1. The summed E-state index contributed by atoms with van der Waals surface area (Å²) in [7, 11) is 0. The molecule has 0 unspecified atom stereocenters. The van der Waals surface area contributed by atoms with E-state index in [2.05, 4.69) is 15.6 Å². The van der Waals surface area contributed by atoms with Gasteiger partial charge in [0.2, 0.25) is 11.8 Å². The van der Waals surface area contributed by atoms with Crippen molar-refractivity contribution in [3.63, 3.8) is 0 Å². The number of hydrogen-bond acceptors (Lipinski definition) is 5. The number of nitrogens with zero attached hydrogens (tertiary/aromatic N) is 4. The van der Waals surface area contributed by atoms with Crippen molar-refractivity contribution in [2.24, 2.45) is 0 Å². The number of carbonyl (C=O) groups excluding carboxylic acids is 3. The van der Waals surface area contributed by atoms with Crippen molar-refractivity contribution >= 4 is 34.3 Å². The number of aryl methyl sites for hydroxylation is 1. The number of aromatic nitrogens is 3. The summed E-state index contributed by atoms with van der Waals surface area (Å²) in [5.41, 5.74) is 3.73. The van der Waals surface area contributed by atoms with E-state index in [0.717, 1.165) is 31.2 Å². The summed E-state index contributed by atoms with van der Waals surface area (Å²) in [6.45, 7) is 3.25. The van der Waals surface area contributed by atoms with Gasteiger partial charge >= 0.3 is 0 Å². The number of benzene rings is 3. The molecule has 5 rings (SSSR count). The molecule has 1 fully saturated rings. The number of carbonyl (C=O) groups is 3.